The van der Waals surface area contributed by atoms with Gasteiger partial charge in [0.25, 0.3) is 0 Å². The fourth-order valence-electron chi connectivity index (χ4n) is 7.49. The van der Waals surface area contributed by atoms with Gasteiger partial charge in [-0.3, -0.25) is 0 Å². The van der Waals surface area contributed by atoms with Crippen molar-refractivity contribution in [1.29, 1.82) is 0 Å². The quantitative estimate of drug-likeness (QED) is 0.314. The largest absolute Gasteiger partial charge is 1.00 e. The molecular formula is C36H34Cl2Ti. The Morgan fingerprint density at radius 2 is 0.897 bits per heavy atom. The molecule has 0 spiro atoms. The summed E-state index contributed by atoms with van der Waals surface area (Å²) in [5, 5.41) is 0. The molecule has 1 fully saturated rings. The first-order valence-electron chi connectivity index (χ1n) is 13.7. The van der Waals surface area contributed by atoms with E-state index in [0.29, 0.717) is 8.45 Å². The van der Waals surface area contributed by atoms with E-state index in [-0.39, 0.29) is 24.8 Å². The Bertz CT molecular complexity index is 1490. The van der Waals surface area contributed by atoms with E-state index in [9.17, 15) is 0 Å². The zero-order chi connectivity index (χ0) is 25.3. The summed E-state index contributed by atoms with van der Waals surface area (Å²) in [7, 11) is 0. The maximum atomic E-state index is 2.54. The zero-order valence-corrected chi connectivity index (χ0v) is 26.1. The Kier molecular flexibility index (Phi) is 7.64. The van der Waals surface area contributed by atoms with E-state index >= 15 is 0 Å². The third-order valence-corrected chi connectivity index (χ3v) is 17.8. The van der Waals surface area contributed by atoms with Gasteiger partial charge in [0.05, 0.1) is 0 Å². The van der Waals surface area contributed by atoms with E-state index < -0.39 is 16.6 Å². The molecule has 3 aliphatic rings. The summed E-state index contributed by atoms with van der Waals surface area (Å²) in [6, 6.07) is 32.3. The number of rotatable bonds is 4. The van der Waals surface area contributed by atoms with Crippen molar-refractivity contribution in [2.75, 3.05) is 0 Å². The van der Waals surface area contributed by atoms with Crippen molar-refractivity contribution in [3.8, 4) is 22.3 Å². The van der Waals surface area contributed by atoms with Crippen LogP contribution in [0.1, 0.15) is 55.7 Å². The van der Waals surface area contributed by atoms with Crippen LogP contribution in [0.5, 0.6) is 0 Å². The van der Waals surface area contributed by atoms with Gasteiger partial charge in [0.1, 0.15) is 0 Å². The summed E-state index contributed by atoms with van der Waals surface area (Å²) < 4.78 is 4.30. The van der Waals surface area contributed by atoms with Crippen LogP contribution >= 0.6 is 0 Å². The molecule has 2 unspecified atom stereocenters. The predicted molar refractivity (Wildman–Crippen MR) is 156 cm³/mol. The molecule has 0 N–H and O–H groups in total. The van der Waals surface area contributed by atoms with E-state index in [1.165, 1.54) is 54.0 Å². The average molecular weight is 585 g/mol. The molecule has 1 heterocycles. The molecule has 2 atom stereocenters. The monoisotopic (exact) mass is 584 g/mol. The van der Waals surface area contributed by atoms with Crippen molar-refractivity contribution in [3.05, 3.63) is 129 Å². The van der Waals surface area contributed by atoms with Crippen molar-refractivity contribution >= 4 is 12.2 Å². The fraction of sp³-hybridized carbons (Fsp3) is 0.222. The summed E-state index contributed by atoms with van der Waals surface area (Å²) in [5.74, 6) is 0. The molecule has 0 nitrogen and oxygen atoms in total. The maximum absolute atomic E-state index is 2.54. The van der Waals surface area contributed by atoms with Crippen LogP contribution in [0.3, 0.4) is 0 Å². The van der Waals surface area contributed by atoms with Crippen LogP contribution in [-0.4, -0.2) is 0 Å². The third-order valence-electron chi connectivity index (χ3n) is 9.26. The summed E-state index contributed by atoms with van der Waals surface area (Å²) in [6.07, 6.45) is 5.08. The molecule has 7 rings (SSSR count). The summed E-state index contributed by atoms with van der Waals surface area (Å²) in [6.45, 7) is 9.19. The van der Waals surface area contributed by atoms with Crippen LogP contribution in [0.4, 0.5) is 0 Å². The van der Waals surface area contributed by atoms with Gasteiger partial charge in [-0.25, -0.2) is 0 Å². The van der Waals surface area contributed by atoms with E-state index in [1.807, 2.05) is 0 Å². The first kappa shape index (κ1) is 28.2. The van der Waals surface area contributed by atoms with Crippen molar-refractivity contribution in [1.82, 2.24) is 0 Å². The predicted octanol–water partition coefficient (Wildman–Crippen LogP) is 4.27. The number of hydrogen-bond donors (Lipinski definition) is 0. The summed E-state index contributed by atoms with van der Waals surface area (Å²) in [4.78, 5) is 0. The van der Waals surface area contributed by atoms with Gasteiger partial charge >= 0.3 is 226 Å². The molecule has 0 amide bonds. The molecular weight excluding hydrogens is 551 g/mol. The van der Waals surface area contributed by atoms with Crippen LogP contribution in [-0.2, 0) is 16.6 Å². The van der Waals surface area contributed by atoms with Gasteiger partial charge < -0.3 is 24.8 Å². The van der Waals surface area contributed by atoms with Crippen LogP contribution in [0.15, 0.2) is 96.1 Å². The van der Waals surface area contributed by atoms with Gasteiger partial charge in [-0.15, -0.1) is 0 Å². The molecule has 2 aliphatic carbocycles. The molecule has 196 valence electrons. The van der Waals surface area contributed by atoms with Gasteiger partial charge in [-0.1, -0.05) is 0 Å². The smallest absolute Gasteiger partial charge is 1.00 e. The molecule has 39 heavy (non-hydrogen) atoms. The van der Waals surface area contributed by atoms with E-state index in [0.717, 1.165) is 0 Å². The Morgan fingerprint density at radius 3 is 1.26 bits per heavy atom. The molecule has 0 bridgehead atoms. The molecule has 1 saturated heterocycles. The number of benzene rings is 4. The minimum atomic E-state index is -2.28. The van der Waals surface area contributed by atoms with E-state index in [2.05, 4.69) is 125 Å². The second kappa shape index (κ2) is 10.6. The maximum Gasteiger partial charge on any atom is -1.00 e. The Hall–Kier alpha value is -2.35. The molecule has 4 aromatic carbocycles. The molecule has 4 aromatic rings. The van der Waals surface area contributed by atoms with E-state index in [4.69, 9.17) is 0 Å². The van der Waals surface area contributed by atoms with Crippen LogP contribution in [0.2, 0.25) is 9.45 Å². The first-order chi connectivity index (χ1) is 18.0. The van der Waals surface area contributed by atoms with Crippen LogP contribution in [0.25, 0.3) is 34.4 Å². The Morgan fingerprint density at radius 1 is 0.513 bits per heavy atom. The van der Waals surface area contributed by atoms with Gasteiger partial charge in [0, 0.05) is 0 Å². The van der Waals surface area contributed by atoms with Gasteiger partial charge in [0.2, 0.25) is 0 Å². The topological polar surface area (TPSA) is 0 Å². The van der Waals surface area contributed by atoms with Gasteiger partial charge in [-0.2, -0.15) is 0 Å². The Labute approximate surface area is 249 Å². The summed E-state index contributed by atoms with van der Waals surface area (Å²) in [5.41, 5.74) is 17.6. The molecule has 0 radical (unpaired) electrons. The minimum Gasteiger partial charge on any atom is -1.00 e. The number of halogens is 2. The first-order valence-corrected chi connectivity index (χ1v) is 17.7. The second-order valence-corrected chi connectivity index (χ2v) is 18.9. The van der Waals surface area contributed by atoms with Gasteiger partial charge in [-0.05, 0) is 0 Å². The SMILES string of the molecule is CC1=Cc2c(-c3ccc(C)cc3)cccc2[CH]1[Ti+2]1([CH]2C(C)=Cc3c(-c4ccc(C)cc4)cccc32)[CH2][CH2]1.[Cl-].[Cl-]. The van der Waals surface area contributed by atoms with E-state index in [1.54, 1.807) is 22.3 Å². The standard InChI is InChI=1S/2C17H15.C2H4.2ClH.Ti/c2*1-12-6-8-14(9-7-12)16-5-3-4-15-10-13(2)11-17(15)16;1-2;;;/h2*3-11H,1-2H3;1-2H2;2*1H;/q;;;;;+2/p-2. The third kappa shape index (κ3) is 4.51. The Balaban J connectivity index is 0.00000154. The normalized spacial score (nSPS) is 18.9. The van der Waals surface area contributed by atoms with Crippen molar-refractivity contribution in [3.63, 3.8) is 0 Å². The minimum absolute atomic E-state index is 0. The number of aryl methyl sites for hydroxylation is 2. The van der Waals surface area contributed by atoms with Crippen LogP contribution in [0, 0.1) is 13.8 Å². The number of fused-ring (bicyclic) bond motifs is 2. The zero-order valence-electron chi connectivity index (χ0n) is 23.1. The van der Waals surface area contributed by atoms with Crippen LogP contribution < -0.4 is 24.8 Å². The molecule has 1 aliphatic heterocycles. The number of allylic oxidation sites excluding steroid dienone is 2. The average Bonchev–Trinajstić information content (AvgIpc) is 3.47. The number of hydrogen-bond acceptors (Lipinski definition) is 0. The van der Waals surface area contributed by atoms with Crippen molar-refractivity contribution in [2.45, 2.75) is 45.6 Å². The van der Waals surface area contributed by atoms with Crippen molar-refractivity contribution < 1.29 is 41.4 Å². The molecule has 0 aromatic heterocycles. The van der Waals surface area contributed by atoms with Crippen molar-refractivity contribution in [2.24, 2.45) is 0 Å². The second-order valence-electron chi connectivity index (χ2n) is 11.7. The fourth-order valence-corrected chi connectivity index (χ4v) is 17.9. The van der Waals surface area contributed by atoms with Gasteiger partial charge in [0.15, 0.2) is 0 Å². The molecule has 0 saturated carbocycles. The molecule has 3 heteroatoms. The summed E-state index contributed by atoms with van der Waals surface area (Å²) >= 11 is -2.28.